The number of amides is 1. The summed E-state index contributed by atoms with van der Waals surface area (Å²) in [5, 5.41) is 9.61. The van der Waals surface area contributed by atoms with Crippen molar-refractivity contribution in [1.29, 1.82) is 0 Å². The summed E-state index contributed by atoms with van der Waals surface area (Å²) < 4.78 is 0.936. The number of amidine groups is 1. The van der Waals surface area contributed by atoms with Gasteiger partial charge in [0.1, 0.15) is 17.3 Å². The highest BCUT2D eigenvalue weighted by Crippen LogP contribution is 2.29. The fourth-order valence-corrected chi connectivity index (χ4v) is 3.51. The predicted octanol–water partition coefficient (Wildman–Crippen LogP) is 5.30. The van der Waals surface area contributed by atoms with Crippen molar-refractivity contribution in [3.63, 3.8) is 0 Å². The van der Waals surface area contributed by atoms with Crippen LogP contribution in [0.3, 0.4) is 0 Å². The number of benzene rings is 3. The molecule has 5 heteroatoms. The number of hydrogen-bond acceptors (Lipinski definition) is 3. The second kappa shape index (κ2) is 7.44. The zero-order chi connectivity index (χ0) is 19.7. The Labute approximate surface area is 171 Å². The lowest BCUT2D eigenvalue weighted by Gasteiger charge is -2.18. The van der Waals surface area contributed by atoms with Gasteiger partial charge in [0.05, 0.1) is 5.69 Å². The Morgan fingerprint density at radius 2 is 1.75 bits per heavy atom. The van der Waals surface area contributed by atoms with Crippen LogP contribution in [0.1, 0.15) is 16.7 Å². The fourth-order valence-electron chi connectivity index (χ4n) is 3.09. The van der Waals surface area contributed by atoms with E-state index in [1.165, 1.54) is 0 Å². The Morgan fingerprint density at radius 1 is 1.00 bits per heavy atom. The zero-order valence-corrected chi connectivity index (χ0v) is 16.7. The molecule has 0 aliphatic carbocycles. The van der Waals surface area contributed by atoms with Crippen LogP contribution in [-0.2, 0) is 4.79 Å². The lowest BCUT2D eigenvalue weighted by Crippen LogP contribution is -2.32. The summed E-state index contributed by atoms with van der Waals surface area (Å²) in [4.78, 5) is 19.5. The standard InChI is InChI=1S/C23H17BrN2O2/c1-15-4-2-6-17(12-15)22-25-21(14-16-5-3-7-18(24)13-16)23(28)26(22)19-8-10-20(27)11-9-19/h2-14,27H,1H3/b21-14+. The molecule has 0 saturated heterocycles. The molecule has 1 heterocycles. The van der Waals surface area contributed by atoms with E-state index in [0.29, 0.717) is 17.2 Å². The van der Waals surface area contributed by atoms with Gasteiger partial charge in [-0.15, -0.1) is 0 Å². The van der Waals surface area contributed by atoms with Crippen LogP contribution in [0.15, 0.2) is 88.0 Å². The molecule has 0 spiro atoms. The van der Waals surface area contributed by atoms with Crippen molar-refractivity contribution in [3.05, 3.63) is 99.7 Å². The average Bonchev–Trinajstić information content (AvgIpc) is 2.99. The minimum atomic E-state index is -0.206. The highest BCUT2D eigenvalue weighted by Gasteiger charge is 2.32. The van der Waals surface area contributed by atoms with Gasteiger partial charge in [-0.2, -0.15) is 0 Å². The number of halogens is 1. The molecule has 3 aromatic rings. The first kappa shape index (κ1) is 18.2. The highest BCUT2D eigenvalue weighted by atomic mass is 79.9. The van der Waals surface area contributed by atoms with Crippen molar-refractivity contribution in [2.24, 2.45) is 4.99 Å². The van der Waals surface area contributed by atoms with Crippen LogP contribution in [0.5, 0.6) is 5.75 Å². The molecule has 0 radical (unpaired) electrons. The van der Waals surface area contributed by atoms with E-state index in [2.05, 4.69) is 20.9 Å². The summed E-state index contributed by atoms with van der Waals surface area (Å²) in [7, 11) is 0. The minimum absolute atomic E-state index is 0.148. The summed E-state index contributed by atoms with van der Waals surface area (Å²) in [5.41, 5.74) is 3.85. The van der Waals surface area contributed by atoms with Crippen molar-refractivity contribution in [1.82, 2.24) is 0 Å². The van der Waals surface area contributed by atoms with E-state index < -0.39 is 0 Å². The molecular weight excluding hydrogens is 416 g/mol. The molecule has 0 bridgehead atoms. The lowest BCUT2D eigenvalue weighted by molar-refractivity contribution is -0.113. The summed E-state index contributed by atoms with van der Waals surface area (Å²) >= 11 is 3.45. The average molecular weight is 433 g/mol. The first-order valence-electron chi connectivity index (χ1n) is 8.78. The quantitative estimate of drug-likeness (QED) is 0.571. The maximum atomic E-state index is 13.2. The van der Waals surface area contributed by atoms with Crippen molar-refractivity contribution < 1.29 is 9.90 Å². The van der Waals surface area contributed by atoms with Crippen LogP contribution < -0.4 is 4.90 Å². The molecule has 0 unspecified atom stereocenters. The van der Waals surface area contributed by atoms with Gasteiger partial charge < -0.3 is 5.11 Å². The number of rotatable bonds is 3. The van der Waals surface area contributed by atoms with E-state index >= 15 is 0 Å². The molecule has 4 nitrogen and oxygen atoms in total. The van der Waals surface area contributed by atoms with Gasteiger partial charge in [-0.25, -0.2) is 4.99 Å². The van der Waals surface area contributed by atoms with Gasteiger partial charge in [0.25, 0.3) is 5.91 Å². The maximum absolute atomic E-state index is 13.2. The molecule has 1 aliphatic rings. The number of phenolic OH excluding ortho intramolecular Hbond substituents is 1. The Hall–Kier alpha value is -3.18. The third-order valence-electron chi connectivity index (χ3n) is 4.40. The third-order valence-corrected chi connectivity index (χ3v) is 4.89. The van der Waals surface area contributed by atoms with E-state index in [1.807, 2.05) is 55.5 Å². The van der Waals surface area contributed by atoms with Gasteiger partial charge in [0.15, 0.2) is 0 Å². The van der Waals surface area contributed by atoms with Crippen LogP contribution in [-0.4, -0.2) is 16.8 Å². The van der Waals surface area contributed by atoms with E-state index in [9.17, 15) is 9.90 Å². The molecule has 0 atom stereocenters. The van der Waals surface area contributed by atoms with Crippen LogP contribution in [0, 0.1) is 6.92 Å². The number of phenols is 1. The van der Waals surface area contributed by atoms with Crippen molar-refractivity contribution >= 4 is 39.4 Å². The topological polar surface area (TPSA) is 52.9 Å². The van der Waals surface area contributed by atoms with Crippen LogP contribution >= 0.6 is 15.9 Å². The number of carbonyl (C=O) groups is 1. The SMILES string of the molecule is Cc1cccc(C2=N/C(=C/c3cccc(Br)c3)C(=O)N2c2ccc(O)cc2)c1. The Kier molecular flexibility index (Phi) is 4.84. The van der Waals surface area contributed by atoms with E-state index in [1.54, 1.807) is 35.2 Å². The van der Waals surface area contributed by atoms with E-state index in [4.69, 9.17) is 0 Å². The van der Waals surface area contributed by atoms with Gasteiger partial charge >= 0.3 is 0 Å². The van der Waals surface area contributed by atoms with Gasteiger partial charge in [-0.05, 0) is 61.0 Å². The first-order valence-corrected chi connectivity index (χ1v) is 9.57. The lowest BCUT2D eigenvalue weighted by atomic mass is 10.1. The largest absolute Gasteiger partial charge is 0.508 e. The van der Waals surface area contributed by atoms with Crippen LogP contribution in [0.25, 0.3) is 6.08 Å². The summed E-state index contributed by atoms with van der Waals surface area (Å²) in [6, 6.07) is 22.1. The molecule has 1 N–H and O–H groups in total. The maximum Gasteiger partial charge on any atom is 0.282 e. The summed E-state index contributed by atoms with van der Waals surface area (Å²) in [6.45, 7) is 2.00. The molecule has 138 valence electrons. The number of aryl methyl sites for hydroxylation is 1. The molecule has 0 fully saturated rings. The normalized spacial score (nSPS) is 15.2. The number of aromatic hydroxyl groups is 1. The molecule has 4 rings (SSSR count). The molecule has 1 aliphatic heterocycles. The highest BCUT2D eigenvalue weighted by molar-refractivity contribution is 9.10. The Bertz CT molecular complexity index is 1120. The molecule has 0 saturated carbocycles. The summed E-state index contributed by atoms with van der Waals surface area (Å²) in [5.74, 6) is 0.511. The second-order valence-electron chi connectivity index (χ2n) is 6.55. The van der Waals surface area contributed by atoms with Gasteiger partial charge in [-0.3, -0.25) is 9.69 Å². The number of nitrogens with zero attached hydrogens (tertiary/aromatic N) is 2. The van der Waals surface area contributed by atoms with Crippen molar-refractivity contribution in [2.75, 3.05) is 4.90 Å². The van der Waals surface area contributed by atoms with Crippen LogP contribution in [0.4, 0.5) is 5.69 Å². The number of carbonyl (C=O) groups excluding carboxylic acids is 1. The Morgan fingerprint density at radius 3 is 2.46 bits per heavy atom. The Balaban J connectivity index is 1.84. The van der Waals surface area contributed by atoms with E-state index in [0.717, 1.165) is 21.2 Å². The smallest absolute Gasteiger partial charge is 0.282 e. The number of hydrogen-bond donors (Lipinski definition) is 1. The fraction of sp³-hybridized carbons (Fsp3) is 0.0435. The summed E-state index contributed by atoms with van der Waals surface area (Å²) in [6.07, 6.45) is 1.78. The molecule has 1 amide bonds. The molecule has 3 aromatic carbocycles. The number of anilines is 1. The first-order chi connectivity index (χ1) is 13.5. The second-order valence-corrected chi connectivity index (χ2v) is 7.46. The van der Waals surface area contributed by atoms with Gasteiger partial charge in [0, 0.05) is 10.0 Å². The molecule has 28 heavy (non-hydrogen) atoms. The number of aliphatic imine (C=N–C) groups is 1. The minimum Gasteiger partial charge on any atom is -0.508 e. The molecular formula is C23H17BrN2O2. The zero-order valence-electron chi connectivity index (χ0n) is 15.1. The van der Waals surface area contributed by atoms with E-state index in [-0.39, 0.29) is 11.7 Å². The van der Waals surface area contributed by atoms with Crippen LogP contribution in [0.2, 0.25) is 0 Å². The van der Waals surface area contributed by atoms with Crippen molar-refractivity contribution in [2.45, 2.75) is 6.92 Å². The monoisotopic (exact) mass is 432 g/mol. The third kappa shape index (κ3) is 3.62. The van der Waals surface area contributed by atoms with Gasteiger partial charge in [-0.1, -0.05) is 51.8 Å². The van der Waals surface area contributed by atoms with Gasteiger partial charge in [0.2, 0.25) is 0 Å². The predicted molar refractivity (Wildman–Crippen MR) is 115 cm³/mol. The van der Waals surface area contributed by atoms with Crippen molar-refractivity contribution in [3.8, 4) is 5.75 Å². The molecule has 0 aromatic heterocycles.